The summed E-state index contributed by atoms with van der Waals surface area (Å²) in [6.45, 7) is 1.38. The van der Waals surface area contributed by atoms with Gasteiger partial charge in [0.2, 0.25) is 0 Å². The Morgan fingerprint density at radius 2 is 1.74 bits per heavy atom. The van der Waals surface area contributed by atoms with Crippen LogP contribution in [0.5, 0.6) is 0 Å². The molecule has 2 heterocycles. The van der Waals surface area contributed by atoms with Gasteiger partial charge in [-0.15, -0.1) is 0 Å². The fraction of sp³-hybridized carbons (Fsp3) is 0.588. The average molecular weight is 316 g/mol. The molecule has 1 aromatic heterocycles. The van der Waals surface area contributed by atoms with Crippen LogP contribution in [0.25, 0.3) is 0 Å². The van der Waals surface area contributed by atoms with Crippen LogP contribution in [0.2, 0.25) is 0 Å². The van der Waals surface area contributed by atoms with Gasteiger partial charge < -0.3 is 15.5 Å². The van der Waals surface area contributed by atoms with Crippen molar-refractivity contribution in [3.63, 3.8) is 0 Å². The second kappa shape index (κ2) is 7.44. The van der Waals surface area contributed by atoms with Crippen molar-refractivity contribution in [2.45, 2.75) is 50.6 Å². The number of hydrogen-bond acceptors (Lipinski definition) is 3. The number of pyridine rings is 1. The van der Waals surface area contributed by atoms with E-state index in [2.05, 4.69) is 15.6 Å². The number of carbonyl (C=O) groups excluding carboxylic acids is 2. The monoisotopic (exact) mass is 316 g/mol. The van der Waals surface area contributed by atoms with Gasteiger partial charge in [0.15, 0.2) is 0 Å². The number of nitrogens with one attached hydrogen (secondary N) is 2. The number of hydrogen-bond donors (Lipinski definition) is 2. The smallest absolute Gasteiger partial charge is 0.317 e. The van der Waals surface area contributed by atoms with Gasteiger partial charge in [-0.05, 0) is 37.8 Å². The summed E-state index contributed by atoms with van der Waals surface area (Å²) in [5.41, 5.74) is 0.578. The summed E-state index contributed by atoms with van der Waals surface area (Å²) in [4.78, 5) is 30.2. The molecule has 23 heavy (non-hydrogen) atoms. The van der Waals surface area contributed by atoms with Crippen LogP contribution >= 0.6 is 0 Å². The van der Waals surface area contributed by atoms with Gasteiger partial charge in [-0.2, -0.15) is 0 Å². The molecule has 0 spiro atoms. The minimum Gasteiger partial charge on any atom is -0.349 e. The Morgan fingerprint density at radius 1 is 1.04 bits per heavy atom. The number of urea groups is 1. The van der Waals surface area contributed by atoms with E-state index in [9.17, 15) is 9.59 Å². The number of rotatable bonds is 3. The van der Waals surface area contributed by atoms with E-state index >= 15 is 0 Å². The summed E-state index contributed by atoms with van der Waals surface area (Å²) in [5.74, 6) is -0.0908. The number of piperidine rings is 1. The summed E-state index contributed by atoms with van der Waals surface area (Å²) >= 11 is 0. The van der Waals surface area contributed by atoms with Gasteiger partial charge in [-0.25, -0.2) is 4.79 Å². The molecule has 6 nitrogen and oxygen atoms in total. The molecule has 0 aromatic carbocycles. The molecular formula is C17H24N4O2. The second-order valence-corrected chi connectivity index (χ2v) is 6.41. The lowest BCUT2D eigenvalue weighted by Crippen LogP contribution is -2.51. The molecule has 1 aromatic rings. The molecule has 3 rings (SSSR count). The van der Waals surface area contributed by atoms with E-state index in [0.717, 1.165) is 25.7 Å². The lowest BCUT2D eigenvalue weighted by Gasteiger charge is -2.33. The first-order valence-electron chi connectivity index (χ1n) is 8.49. The molecule has 2 aliphatic rings. The predicted octanol–water partition coefficient (Wildman–Crippen LogP) is 1.93. The third-order valence-electron chi connectivity index (χ3n) is 4.72. The van der Waals surface area contributed by atoms with Gasteiger partial charge in [0.05, 0.1) is 5.56 Å². The Hall–Kier alpha value is -2.11. The third kappa shape index (κ3) is 4.21. The molecule has 6 heteroatoms. The molecule has 1 aliphatic heterocycles. The quantitative estimate of drug-likeness (QED) is 0.895. The highest BCUT2D eigenvalue weighted by Gasteiger charge is 2.26. The van der Waals surface area contributed by atoms with Crippen LogP contribution in [-0.2, 0) is 0 Å². The maximum Gasteiger partial charge on any atom is 0.317 e. The summed E-state index contributed by atoms with van der Waals surface area (Å²) in [6, 6.07) is 4.04. The number of carbonyl (C=O) groups is 2. The molecule has 2 fully saturated rings. The highest BCUT2D eigenvalue weighted by molar-refractivity contribution is 5.94. The Bertz CT molecular complexity index is 535. The first kappa shape index (κ1) is 15.8. The van der Waals surface area contributed by atoms with Crippen LogP contribution in [0.15, 0.2) is 24.5 Å². The molecule has 124 valence electrons. The third-order valence-corrected chi connectivity index (χ3v) is 4.72. The highest BCUT2D eigenvalue weighted by atomic mass is 16.2. The van der Waals surface area contributed by atoms with E-state index in [4.69, 9.17) is 0 Å². The largest absolute Gasteiger partial charge is 0.349 e. The summed E-state index contributed by atoms with van der Waals surface area (Å²) in [5, 5.41) is 6.15. The SMILES string of the molecule is O=C(NC1CCN(C(=O)NC2CCCC2)CC1)c1cccnc1. The van der Waals surface area contributed by atoms with Crippen molar-refractivity contribution in [3.8, 4) is 0 Å². The fourth-order valence-corrected chi connectivity index (χ4v) is 3.33. The Kier molecular flexibility index (Phi) is 5.10. The second-order valence-electron chi connectivity index (χ2n) is 6.41. The molecule has 0 radical (unpaired) electrons. The van der Waals surface area contributed by atoms with Crippen LogP contribution in [0, 0.1) is 0 Å². The molecule has 0 atom stereocenters. The van der Waals surface area contributed by atoms with Crippen LogP contribution in [0.1, 0.15) is 48.9 Å². The molecule has 1 saturated heterocycles. The van der Waals surface area contributed by atoms with Gasteiger partial charge in [-0.1, -0.05) is 12.8 Å². The van der Waals surface area contributed by atoms with Crippen molar-refractivity contribution in [2.75, 3.05) is 13.1 Å². The fourth-order valence-electron chi connectivity index (χ4n) is 3.33. The zero-order chi connectivity index (χ0) is 16.1. The number of aromatic nitrogens is 1. The molecular weight excluding hydrogens is 292 g/mol. The Balaban J connectivity index is 1.43. The number of amides is 3. The van der Waals surface area contributed by atoms with E-state index in [1.165, 1.54) is 12.8 Å². The maximum absolute atomic E-state index is 12.2. The predicted molar refractivity (Wildman–Crippen MR) is 87.1 cm³/mol. The maximum atomic E-state index is 12.2. The standard InChI is InChI=1S/C17H24N4O2/c22-16(13-4-3-9-18-12-13)19-15-7-10-21(11-8-15)17(23)20-14-5-1-2-6-14/h3-4,9,12,14-15H,1-2,5-8,10-11H2,(H,19,22)(H,20,23). The zero-order valence-corrected chi connectivity index (χ0v) is 13.3. The van der Waals surface area contributed by atoms with Crippen molar-refractivity contribution < 1.29 is 9.59 Å². The van der Waals surface area contributed by atoms with E-state index < -0.39 is 0 Å². The normalized spacial score (nSPS) is 19.6. The van der Waals surface area contributed by atoms with E-state index in [-0.39, 0.29) is 18.0 Å². The molecule has 3 amide bonds. The molecule has 2 N–H and O–H groups in total. The average Bonchev–Trinajstić information content (AvgIpc) is 3.09. The Morgan fingerprint density at radius 3 is 2.39 bits per heavy atom. The van der Waals surface area contributed by atoms with Crippen LogP contribution in [-0.4, -0.2) is 47.0 Å². The lowest BCUT2D eigenvalue weighted by atomic mass is 10.0. The number of nitrogens with zero attached hydrogens (tertiary/aromatic N) is 2. The highest BCUT2D eigenvalue weighted by Crippen LogP contribution is 2.18. The summed E-state index contributed by atoms with van der Waals surface area (Å²) < 4.78 is 0. The summed E-state index contributed by atoms with van der Waals surface area (Å²) in [6.07, 6.45) is 9.44. The van der Waals surface area contributed by atoms with Crippen molar-refractivity contribution in [2.24, 2.45) is 0 Å². The van der Waals surface area contributed by atoms with Gasteiger partial charge >= 0.3 is 6.03 Å². The van der Waals surface area contributed by atoms with Crippen molar-refractivity contribution in [1.82, 2.24) is 20.5 Å². The van der Waals surface area contributed by atoms with Gasteiger partial charge in [-0.3, -0.25) is 9.78 Å². The van der Waals surface area contributed by atoms with Crippen LogP contribution in [0.3, 0.4) is 0 Å². The van der Waals surface area contributed by atoms with Gasteiger partial charge in [0, 0.05) is 37.6 Å². The Labute approximate surface area is 136 Å². The lowest BCUT2D eigenvalue weighted by molar-refractivity contribution is 0.0917. The topological polar surface area (TPSA) is 74.3 Å². The minimum absolute atomic E-state index is 0.0499. The van der Waals surface area contributed by atoms with Crippen LogP contribution in [0.4, 0.5) is 4.79 Å². The number of likely N-dealkylation sites (tertiary alicyclic amines) is 1. The first-order valence-corrected chi connectivity index (χ1v) is 8.49. The zero-order valence-electron chi connectivity index (χ0n) is 13.3. The molecule has 1 aliphatic carbocycles. The van der Waals surface area contributed by atoms with E-state index in [1.807, 2.05) is 4.90 Å². The van der Waals surface area contributed by atoms with E-state index in [0.29, 0.717) is 24.7 Å². The molecule has 1 saturated carbocycles. The molecule has 0 bridgehead atoms. The van der Waals surface area contributed by atoms with Crippen molar-refractivity contribution in [3.05, 3.63) is 30.1 Å². The van der Waals surface area contributed by atoms with Gasteiger partial charge in [0.1, 0.15) is 0 Å². The van der Waals surface area contributed by atoms with Crippen LogP contribution < -0.4 is 10.6 Å². The van der Waals surface area contributed by atoms with Crippen molar-refractivity contribution in [1.29, 1.82) is 0 Å². The molecule has 0 unspecified atom stereocenters. The van der Waals surface area contributed by atoms with Crippen molar-refractivity contribution >= 4 is 11.9 Å². The summed E-state index contributed by atoms with van der Waals surface area (Å²) in [7, 11) is 0. The van der Waals surface area contributed by atoms with Gasteiger partial charge in [0.25, 0.3) is 5.91 Å². The van der Waals surface area contributed by atoms with E-state index in [1.54, 1.807) is 24.5 Å². The minimum atomic E-state index is -0.0908. The first-order chi connectivity index (χ1) is 11.2.